The number of amides is 1. The summed E-state index contributed by atoms with van der Waals surface area (Å²) in [6.07, 6.45) is 0. The Morgan fingerprint density at radius 3 is 2.35 bits per heavy atom. The fraction of sp³-hybridized carbons (Fsp3) is 0.400. The van der Waals surface area contributed by atoms with Crippen molar-refractivity contribution in [1.82, 2.24) is 14.9 Å². The Hall–Kier alpha value is -4.08. The lowest BCUT2D eigenvalue weighted by Crippen LogP contribution is -2.61. The zero-order chi connectivity index (χ0) is 29.4. The Labute approximate surface area is 233 Å². The maximum Gasteiger partial charge on any atom is 0.339 e. The van der Waals surface area contributed by atoms with Gasteiger partial charge in [0.15, 0.2) is 11.6 Å². The number of benzene rings is 1. The van der Waals surface area contributed by atoms with Gasteiger partial charge in [0.1, 0.15) is 11.5 Å². The normalized spacial score (nSPS) is 14.8. The van der Waals surface area contributed by atoms with Gasteiger partial charge in [-0.15, -0.1) is 0 Å². The van der Waals surface area contributed by atoms with Gasteiger partial charge in [0.05, 0.1) is 35.3 Å². The lowest BCUT2D eigenvalue weighted by atomic mass is 9.97. The van der Waals surface area contributed by atoms with E-state index in [9.17, 15) is 18.4 Å². The van der Waals surface area contributed by atoms with Crippen molar-refractivity contribution in [2.75, 3.05) is 37.0 Å². The number of aromatic nitrogens is 2. The molecule has 10 heteroatoms. The molecule has 1 saturated heterocycles. The topological polar surface area (TPSA) is 87.7 Å². The summed E-state index contributed by atoms with van der Waals surface area (Å²) in [6, 6.07) is 8.87. The number of nitrogens with zero attached hydrogens (tertiary/aromatic N) is 4. The first kappa shape index (κ1) is 28.9. The number of hydrogen-bond acceptors (Lipinski definition) is 7. The number of pyridine rings is 2. The number of piperazine rings is 1. The molecule has 3 heterocycles. The predicted molar refractivity (Wildman–Crippen MR) is 150 cm³/mol. The van der Waals surface area contributed by atoms with E-state index >= 15 is 0 Å². The molecule has 1 fully saturated rings. The molecule has 40 heavy (non-hydrogen) atoms. The van der Waals surface area contributed by atoms with Gasteiger partial charge < -0.3 is 19.9 Å². The highest BCUT2D eigenvalue weighted by atomic mass is 19.2. The van der Waals surface area contributed by atoms with Crippen LogP contribution in [0.4, 0.5) is 26.0 Å². The first-order chi connectivity index (χ1) is 18.8. The third-order valence-electron chi connectivity index (χ3n) is 7.13. The van der Waals surface area contributed by atoms with E-state index in [1.54, 1.807) is 19.1 Å². The number of hydrogen-bond donors (Lipinski definition) is 1. The first-order valence-electron chi connectivity index (χ1n) is 13.2. The molecular weight excluding hydrogens is 516 g/mol. The zero-order valence-electron chi connectivity index (χ0n) is 23.9. The summed E-state index contributed by atoms with van der Waals surface area (Å²) in [7, 11) is 1.35. The molecule has 212 valence electrons. The molecule has 0 bridgehead atoms. The van der Waals surface area contributed by atoms with Gasteiger partial charge in [-0.3, -0.25) is 4.79 Å². The van der Waals surface area contributed by atoms with Gasteiger partial charge in [0, 0.05) is 31.4 Å². The van der Waals surface area contributed by atoms with Crippen molar-refractivity contribution in [3.63, 3.8) is 0 Å². The van der Waals surface area contributed by atoms with E-state index in [1.807, 2.05) is 45.6 Å². The van der Waals surface area contributed by atoms with Crippen molar-refractivity contribution in [3.8, 4) is 0 Å². The summed E-state index contributed by atoms with van der Waals surface area (Å²) in [4.78, 5) is 39.2. The number of aryl methyl sites for hydroxylation is 2. The van der Waals surface area contributed by atoms with E-state index in [2.05, 4.69) is 15.2 Å². The first-order valence-corrected chi connectivity index (χ1v) is 13.2. The van der Waals surface area contributed by atoms with Gasteiger partial charge >= 0.3 is 5.97 Å². The Morgan fingerprint density at radius 1 is 1.02 bits per heavy atom. The van der Waals surface area contributed by atoms with Crippen LogP contribution in [-0.4, -0.2) is 59.0 Å². The smallest absolute Gasteiger partial charge is 0.339 e. The van der Waals surface area contributed by atoms with Gasteiger partial charge in [0.25, 0.3) is 5.91 Å². The molecule has 1 aliphatic rings. The molecule has 2 aromatic heterocycles. The maximum atomic E-state index is 13.7. The molecule has 0 atom stereocenters. The number of carbonyl (C=O) groups is 2. The van der Waals surface area contributed by atoms with Crippen LogP contribution in [0.2, 0.25) is 0 Å². The van der Waals surface area contributed by atoms with E-state index in [-0.39, 0.29) is 11.8 Å². The molecule has 1 aromatic carbocycles. The lowest BCUT2D eigenvalue weighted by Gasteiger charge is -2.47. The molecule has 1 amide bonds. The molecule has 0 saturated carbocycles. The highest BCUT2D eigenvalue weighted by molar-refractivity contribution is 5.94. The number of anilines is 3. The van der Waals surface area contributed by atoms with Crippen molar-refractivity contribution < 1.29 is 23.1 Å². The SMILES string of the molecule is COC(=O)c1c(C)cc(N2CCN(C(=O)c3ccc(Nc4ccc(F)c(F)c4)c(C(C)C)n3)C(C)(C)C2)nc1C. The number of halogens is 2. The third-order valence-corrected chi connectivity index (χ3v) is 7.13. The highest BCUT2D eigenvalue weighted by Crippen LogP contribution is 2.30. The number of nitrogens with one attached hydrogen (secondary N) is 1. The summed E-state index contributed by atoms with van der Waals surface area (Å²) in [6.45, 7) is 13.1. The van der Waals surface area contributed by atoms with Crippen molar-refractivity contribution in [3.05, 3.63) is 76.2 Å². The van der Waals surface area contributed by atoms with E-state index in [1.165, 1.54) is 13.2 Å². The average molecular weight is 552 g/mol. The van der Waals surface area contributed by atoms with Crippen LogP contribution in [0.3, 0.4) is 0 Å². The standard InChI is InChI=1S/C30H35F2N5O3/c1-17(2)27-23(34-20-8-9-21(31)22(32)15-20)10-11-24(35-27)28(38)37-13-12-36(16-30(37,5)6)25-14-18(3)26(19(4)33-25)29(39)40-7/h8-11,14-15,17,34H,12-13,16H2,1-7H3. The van der Waals surface area contributed by atoms with Gasteiger partial charge in [-0.1, -0.05) is 13.8 Å². The molecule has 1 N–H and O–H groups in total. The van der Waals surface area contributed by atoms with Crippen molar-refractivity contribution in [1.29, 1.82) is 0 Å². The van der Waals surface area contributed by atoms with Crippen LogP contribution in [0.15, 0.2) is 36.4 Å². The highest BCUT2D eigenvalue weighted by Gasteiger charge is 2.38. The van der Waals surface area contributed by atoms with Crippen LogP contribution in [0.25, 0.3) is 0 Å². The average Bonchev–Trinajstić information content (AvgIpc) is 2.89. The number of carbonyl (C=O) groups excluding carboxylic acids is 2. The summed E-state index contributed by atoms with van der Waals surface area (Å²) in [5, 5.41) is 3.09. The number of methoxy groups -OCH3 is 1. The van der Waals surface area contributed by atoms with Crippen molar-refractivity contribution in [2.24, 2.45) is 0 Å². The van der Waals surface area contributed by atoms with Crippen LogP contribution >= 0.6 is 0 Å². The Bertz CT molecular complexity index is 1430. The largest absolute Gasteiger partial charge is 0.465 e. The molecule has 0 aliphatic carbocycles. The van der Waals surface area contributed by atoms with E-state index in [4.69, 9.17) is 9.72 Å². The second-order valence-corrected chi connectivity index (χ2v) is 11.0. The van der Waals surface area contributed by atoms with Gasteiger partial charge in [-0.25, -0.2) is 23.5 Å². The number of ether oxygens (including phenoxy) is 1. The fourth-order valence-corrected chi connectivity index (χ4v) is 5.12. The second-order valence-electron chi connectivity index (χ2n) is 11.0. The van der Waals surface area contributed by atoms with Crippen LogP contribution in [0.1, 0.15) is 71.4 Å². The van der Waals surface area contributed by atoms with Gasteiger partial charge in [-0.2, -0.15) is 0 Å². The minimum atomic E-state index is -0.947. The minimum Gasteiger partial charge on any atom is -0.465 e. The summed E-state index contributed by atoms with van der Waals surface area (Å²) < 4.78 is 32.0. The minimum absolute atomic E-state index is 0.0316. The molecule has 0 unspecified atom stereocenters. The van der Waals surface area contributed by atoms with Crippen LogP contribution < -0.4 is 10.2 Å². The number of esters is 1. The fourth-order valence-electron chi connectivity index (χ4n) is 5.12. The van der Waals surface area contributed by atoms with E-state index in [0.29, 0.717) is 53.7 Å². The summed E-state index contributed by atoms with van der Waals surface area (Å²) in [5.74, 6) is -1.75. The summed E-state index contributed by atoms with van der Waals surface area (Å²) >= 11 is 0. The molecule has 1 aliphatic heterocycles. The predicted octanol–water partition coefficient (Wildman–Crippen LogP) is 5.77. The van der Waals surface area contributed by atoms with Crippen LogP contribution in [0.5, 0.6) is 0 Å². The second kappa shape index (κ2) is 11.2. The lowest BCUT2D eigenvalue weighted by molar-refractivity contribution is 0.0506. The molecular formula is C30H35F2N5O3. The third kappa shape index (κ3) is 5.76. The van der Waals surface area contributed by atoms with Gasteiger partial charge in [0.2, 0.25) is 0 Å². The zero-order valence-corrected chi connectivity index (χ0v) is 23.9. The molecule has 4 rings (SSSR count). The Balaban J connectivity index is 1.55. The molecule has 8 nitrogen and oxygen atoms in total. The van der Waals surface area contributed by atoms with Crippen LogP contribution in [-0.2, 0) is 4.74 Å². The summed E-state index contributed by atoms with van der Waals surface area (Å²) in [5.41, 5.74) is 3.28. The molecule has 0 radical (unpaired) electrons. The van der Waals surface area contributed by atoms with Gasteiger partial charge in [-0.05, 0) is 69.5 Å². The van der Waals surface area contributed by atoms with Crippen molar-refractivity contribution in [2.45, 2.75) is 53.0 Å². The quantitative estimate of drug-likeness (QED) is 0.390. The van der Waals surface area contributed by atoms with Crippen LogP contribution in [0, 0.1) is 25.5 Å². The van der Waals surface area contributed by atoms with Crippen molar-refractivity contribution >= 4 is 29.1 Å². The Morgan fingerprint density at radius 2 is 1.75 bits per heavy atom. The van der Waals surface area contributed by atoms with E-state index in [0.717, 1.165) is 23.5 Å². The monoisotopic (exact) mass is 551 g/mol. The Kier molecular flexibility index (Phi) is 8.09. The number of rotatable bonds is 6. The van der Waals surface area contributed by atoms with E-state index < -0.39 is 23.1 Å². The maximum absolute atomic E-state index is 13.7. The molecule has 3 aromatic rings. The molecule has 0 spiro atoms.